The summed E-state index contributed by atoms with van der Waals surface area (Å²) < 4.78 is 16.0. The van der Waals surface area contributed by atoms with E-state index in [0.717, 1.165) is 4.47 Å². The van der Waals surface area contributed by atoms with E-state index in [9.17, 15) is 9.59 Å². The van der Waals surface area contributed by atoms with E-state index >= 15 is 0 Å². The number of benzene rings is 2. The minimum atomic E-state index is -0.521. The number of fused-ring (bicyclic) bond motifs is 1. The molecule has 0 bridgehead atoms. The highest BCUT2D eigenvalue weighted by Crippen LogP contribution is 2.38. The summed E-state index contributed by atoms with van der Waals surface area (Å²) in [6.45, 7) is 1.30. The average molecular weight is 353 g/mol. The molecule has 0 fully saturated rings. The third kappa shape index (κ3) is 3.00. The molecule has 0 heterocycles. The second kappa shape index (κ2) is 6.13. The molecule has 0 spiro atoms. The first-order chi connectivity index (χ1) is 9.97. The van der Waals surface area contributed by atoms with E-state index in [2.05, 4.69) is 15.9 Å². The molecule has 0 saturated heterocycles. The van der Waals surface area contributed by atoms with Crippen LogP contribution in [-0.2, 0) is 9.53 Å². The summed E-state index contributed by atoms with van der Waals surface area (Å²) in [6, 6.07) is 6.67. The van der Waals surface area contributed by atoms with Crippen LogP contribution in [0.5, 0.6) is 11.5 Å². The Hall–Kier alpha value is -2.08. The molecule has 0 aromatic heterocycles. The smallest absolute Gasteiger partial charge is 0.338 e. The molecule has 0 radical (unpaired) electrons. The summed E-state index contributed by atoms with van der Waals surface area (Å²) in [5.41, 5.74) is 0.276. The Kier molecular flexibility index (Phi) is 4.47. The fraction of sp³-hybridized carbons (Fsp3) is 0.200. The van der Waals surface area contributed by atoms with Crippen molar-refractivity contribution in [2.45, 2.75) is 6.92 Å². The Morgan fingerprint density at radius 1 is 1.10 bits per heavy atom. The van der Waals surface area contributed by atoms with Crippen LogP contribution in [0.2, 0.25) is 0 Å². The summed E-state index contributed by atoms with van der Waals surface area (Å²) in [7, 11) is 2.81. The van der Waals surface area contributed by atoms with E-state index in [1.807, 2.05) is 0 Å². The summed E-state index contributed by atoms with van der Waals surface area (Å²) >= 11 is 3.38. The molecular formula is C15H13BrO5. The number of halogens is 1. The van der Waals surface area contributed by atoms with Crippen LogP contribution < -0.4 is 9.47 Å². The monoisotopic (exact) mass is 352 g/mol. The fourth-order valence-corrected chi connectivity index (χ4v) is 2.54. The van der Waals surface area contributed by atoms with Gasteiger partial charge in [-0.15, -0.1) is 0 Å². The predicted molar refractivity (Wildman–Crippen MR) is 80.8 cm³/mol. The molecule has 0 N–H and O–H groups in total. The molecule has 110 valence electrons. The Morgan fingerprint density at radius 3 is 2.38 bits per heavy atom. The van der Waals surface area contributed by atoms with Gasteiger partial charge >= 0.3 is 11.9 Å². The molecule has 2 aromatic rings. The largest absolute Gasteiger partial charge is 0.495 e. The summed E-state index contributed by atoms with van der Waals surface area (Å²) in [5, 5.41) is 1.31. The first kappa shape index (κ1) is 15.3. The lowest BCUT2D eigenvalue weighted by Crippen LogP contribution is -2.06. The van der Waals surface area contributed by atoms with Crippen molar-refractivity contribution in [2.24, 2.45) is 0 Å². The van der Waals surface area contributed by atoms with Crippen molar-refractivity contribution in [3.8, 4) is 11.5 Å². The molecule has 0 aliphatic carbocycles. The zero-order chi connectivity index (χ0) is 15.6. The average Bonchev–Trinajstić information content (AvgIpc) is 2.45. The minimum Gasteiger partial charge on any atom is -0.495 e. The Morgan fingerprint density at radius 2 is 1.81 bits per heavy atom. The predicted octanol–water partition coefficient (Wildman–Crippen LogP) is 3.32. The van der Waals surface area contributed by atoms with E-state index in [1.54, 1.807) is 18.2 Å². The number of hydrogen-bond donors (Lipinski definition) is 0. The SMILES string of the molecule is COC(=O)c1cc(OC(C)=O)c2ccc(Br)c(OC)c2c1. The summed E-state index contributed by atoms with van der Waals surface area (Å²) in [4.78, 5) is 23.0. The van der Waals surface area contributed by atoms with Crippen LogP contribution in [0.4, 0.5) is 0 Å². The molecule has 0 aliphatic rings. The second-order valence-electron chi connectivity index (χ2n) is 4.24. The maximum atomic E-state index is 11.8. The molecule has 0 unspecified atom stereocenters. The number of methoxy groups -OCH3 is 2. The Balaban J connectivity index is 2.80. The van der Waals surface area contributed by atoms with Gasteiger partial charge in [0.25, 0.3) is 0 Å². The Bertz CT molecular complexity index is 724. The molecule has 6 heteroatoms. The van der Waals surface area contributed by atoms with E-state index in [1.165, 1.54) is 27.2 Å². The number of rotatable bonds is 3. The van der Waals surface area contributed by atoms with E-state index in [0.29, 0.717) is 16.5 Å². The van der Waals surface area contributed by atoms with Gasteiger partial charge in [-0.05, 0) is 40.2 Å². The molecule has 0 aliphatic heterocycles. The maximum Gasteiger partial charge on any atom is 0.338 e. The fourth-order valence-electron chi connectivity index (χ4n) is 2.03. The molecule has 2 aromatic carbocycles. The standard InChI is InChI=1S/C15H13BrO5/c1-8(17)21-13-7-9(15(18)20-3)6-11-10(13)4-5-12(16)14(11)19-2/h4-7H,1-3H3. The lowest BCUT2D eigenvalue weighted by Gasteiger charge is -2.13. The third-order valence-electron chi connectivity index (χ3n) is 2.88. The first-order valence-corrected chi connectivity index (χ1v) is 6.84. The molecule has 0 atom stereocenters. The number of esters is 2. The van der Waals surface area contributed by atoms with Gasteiger partial charge < -0.3 is 14.2 Å². The van der Waals surface area contributed by atoms with E-state index in [-0.39, 0.29) is 11.3 Å². The van der Waals surface area contributed by atoms with Gasteiger partial charge in [0.05, 0.1) is 24.3 Å². The van der Waals surface area contributed by atoms with Gasteiger partial charge in [-0.25, -0.2) is 4.79 Å². The molecular weight excluding hydrogens is 340 g/mol. The minimum absolute atomic E-state index is 0.276. The number of carbonyl (C=O) groups is 2. The summed E-state index contributed by atoms with van der Waals surface area (Å²) in [6.07, 6.45) is 0. The Labute approximate surface area is 129 Å². The van der Waals surface area contributed by atoms with Crippen LogP contribution in [0.3, 0.4) is 0 Å². The van der Waals surface area contributed by atoms with E-state index < -0.39 is 11.9 Å². The molecule has 0 saturated carbocycles. The zero-order valence-corrected chi connectivity index (χ0v) is 13.3. The molecule has 0 amide bonds. The highest BCUT2D eigenvalue weighted by molar-refractivity contribution is 9.10. The van der Waals surface area contributed by atoms with Crippen molar-refractivity contribution in [3.05, 3.63) is 34.3 Å². The van der Waals surface area contributed by atoms with Gasteiger partial charge in [-0.1, -0.05) is 0 Å². The third-order valence-corrected chi connectivity index (χ3v) is 3.50. The number of carbonyl (C=O) groups excluding carboxylic acids is 2. The van der Waals surface area contributed by atoms with Crippen molar-refractivity contribution < 1.29 is 23.8 Å². The van der Waals surface area contributed by atoms with Crippen molar-refractivity contribution in [1.82, 2.24) is 0 Å². The number of hydrogen-bond acceptors (Lipinski definition) is 5. The second-order valence-corrected chi connectivity index (χ2v) is 5.09. The van der Waals surface area contributed by atoms with Crippen LogP contribution in [0.15, 0.2) is 28.7 Å². The van der Waals surface area contributed by atoms with Crippen molar-refractivity contribution in [3.63, 3.8) is 0 Å². The van der Waals surface area contributed by atoms with Crippen LogP contribution in [0, 0.1) is 0 Å². The van der Waals surface area contributed by atoms with Gasteiger partial charge in [-0.3, -0.25) is 4.79 Å². The number of ether oxygens (including phenoxy) is 3. The summed E-state index contributed by atoms with van der Waals surface area (Å²) in [5.74, 6) is -0.162. The van der Waals surface area contributed by atoms with Crippen LogP contribution in [0.1, 0.15) is 17.3 Å². The quantitative estimate of drug-likeness (QED) is 0.626. The van der Waals surface area contributed by atoms with Gasteiger partial charge in [0.2, 0.25) is 0 Å². The zero-order valence-electron chi connectivity index (χ0n) is 11.7. The molecule has 5 nitrogen and oxygen atoms in total. The van der Waals surface area contributed by atoms with E-state index in [4.69, 9.17) is 14.2 Å². The normalized spacial score (nSPS) is 10.3. The van der Waals surface area contributed by atoms with Gasteiger partial charge in [0.15, 0.2) is 0 Å². The van der Waals surface area contributed by atoms with Gasteiger partial charge in [-0.2, -0.15) is 0 Å². The highest BCUT2D eigenvalue weighted by atomic mass is 79.9. The first-order valence-electron chi connectivity index (χ1n) is 6.05. The molecule has 2 rings (SSSR count). The lowest BCUT2D eigenvalue weighted by molar-refractivity contribution is -0.131. The molecule has 21 heavy (non-hydrogen) atoms. The van der Waals surface area contributed by atoms with Gasteiger partial charge in [0.1, 0.15) is 11.5 Å². The van der Waals surface area contributed by atoms with Crippen molar-refractivity contribution in [1.29, 1.82) is 0 Å². The lowest BCUT2D eigenvalue weighted by atomic mass is 10.0. The van der Waals surface area contributed by atoms with Crippen LogP contribution >= 0.6 is 15.9 Å². The highest BCUT2D eigenvalue weighted by Gasteiger charge is 2.16. The van der Waals surface area contributed by atoms with Gasteiger partial charge in [0, 0.05) is 17.7 Å². The van der Waals surface area contributed by atoms with Crippen molar-refractivity contribution in [2.75, 3.05) is 14.2 Å². The van der Waals surface area contributed by atoms with Crippen LogP contribution in [0.25, 0.3) is 10.8 Å². The van der Waals surface area contributed by atoms with Crippen molar-refractivity contribution >= 4 is 38.6 Å². The van der Waals surface area contributed by atoms with Crippen LogP contribution in [-0.4, -0.2) is 26.2 Å². The maximum absolute atomic E-state index is 11.8. The topological polar surface area (TPSA) is 61.8 Å².